The van der Waals surface area contributed by atoms with Crippen LogP contribution in [-0.2, 0) is 0 Å². The first-order valence-corrected chi connectivity index (χ1v) is 3.37. The quantitative estimate of drug-likeness (QED) is 0.501. The van der Waals surface area contributed by atoms with Crippen LogP contribution < -0.4 is 5.73 Å². The largest absolute Gasteiger partial charge is 0.392 e. The van der Waals surface area contributed by atoms with Crippen LogP contribution in [0.25, 0.3) is 0 Å². The summed E-state index contributed by atoms with van der Waals surface area (Å²) >= 11 is 0. The Balaban J connectivity index is 2.40. The fourth-order valence-electron chi connectivity index (χ4n) is 1.05. The van der Waals surface area contributed by atoms with Crippen molar-refractivity contribution >= 4 is 0 Å². The SMILES string of the molecule is N[C@H]1CC=C(CO)CC1. The molecule has 0 bridgehead atoms. The number of hydrogen-bond acceptors (Lipinski definition) is 2. The van der Waals surface area contributed by atoms with Crippen LogP contribution in [0.1, 0.15) is 19.3 Å². The third-order valence-corrected chi connectivity index (χ3v) is 1.75. The van der Waals surface area contributed by atoms with E-state index in [1.165, 1.54) is 0 Å². The van der Waals surface area contributed by atoms with E-state index in [9.17, 15) is 0 Å². The van der Waals surface area contributed by atoms with Crippen molar-refractivity contribution in [2.45, 2.75) is 25.3 Å². The molecule has 0 amide bonds. The van der Waals surface area contributed by atoms with Gasteiger partial charge in [-0.05, 0) is 24.8 Å². The van der Waals surface area contributed by atoms with Crippen LogP contribution in [0.4, 0.5) is 0 Å². The van der Waals surface area contributed by atoms with Gasteiger partial charge in [-0.15, -0.1) is 0 Å². The summed E-state index contributed by atoms with van der Waals surface area (Å²) in [5, 5.41) is 8.67. The number of nitrogens with two attached hydrogens (primary N) is 1. The molecule has 9 heavy (non-hydrogen) atoms. The summed E-state index contributed by atoms with van der Waals surface area (Å²) in [7, 11) is 0. The fraction of sp³-hybridized carbons (Fsp3) is 0.714. The first kappa shape index (κ1) is 6.78. The van der Waals surface area contributed by atoms with Gasteiger partial charge in [0, 0.05) is 6.04 Å². The molecule has 1 rings (SSSR count). The second-order valence-electron chi connectivity index (χ2n) is 2.55. The molecule has 2 heteroatoms. The van der Waals surface area contributed by atoms with Gasteiger partial charge in [-0.25, -0.2) is 0 Å². The maximum Gasteiger partial charge on any atom is 0.0641 e. The third kappa shape index (κ3) is 1.80. The molecule has 3 N–H and O–H groups in total. The first-order chi connectivity index (χ1) is 4.33. The first-order valence-electron chi connectivity index (χ1n) is 3.37. The van der Waals surface area contributed by atoms with E-state index in [2.05, 4.69) is 0 Å². The highest BCUT2D eigenvalue weighted by molar-refractivity contribution is 5.07. The summed E-state index contributed by atoms with van der Waals surface area (Å²) in [5.74, 6) is 0. The molecule has 2 nitrogen and oxygen atoms in total. The standard InChI is InChI=1S/C7H13NO/c8-7-3-1-6(5-9)2-4-7/h1,7,9H,2-5,8H2/t7-/m0/s1. The molecule has 0 unspecified atom stereocenters. The van der Waals surface area contributed by atoms with Crippen molar-refractivity contribution in [1.29, 1.82) is 0 Å². The Hall–Kier alpha value is -0.340. The number of rotatable bonds is 1. The molecule has 0 saturated carbocycles. The lowest BCUT2D eigenvalue weighted by Gasteiger charge is -2.16. The Kier molecular flexibility index (Phi) is 2.25. The van der Waals surface area contributed by atoms with Crippen molar-refractivity contribution in [3.8, 4) is 0 Å². The highest BCUT2D eigenvalue weighted by Gasteiger charge is 2.08. The predicted molar refractivity (Wildman–Crippen MR) is 37.0 cm³/mol. The minimum absolute atomic E-state index is 0.215. The zero-order chi connectivity index (χ0) is 6.69. The van der Waals surface area contributed by atoms with E-state index >= 15 is 0 Å². The smallest absolute Gasteiger partial charge is 0.0641 e. The lowest BCUT2D eigenvalue weighted by molar-refractivity contribution is 0.321. The molecule has 0 fully saturated rings. The number of hydrogen-bond donors (Lipinski definition) is 2. The van der Waals surface area contributed by atoms with E-state index < -0.39 is 0 Å². The van der Waals surface area contributed by atoms with Gasteiger partial charge in [0.05, 0.1) is 6.61 Å². The molecule has 0 radical (unpaired) electrons. The van der Waals surface area contributed by atoms with E-state index in [-0.39, 0.29) is 6.61 Å². The summed E-state index contributed by atoms with van der Waals surface area (Å²) in [6.45, 7) is 0.215. The van der Waals surface area contributed by atoms with Gasteiger partial charge in [0.15, 0.2) is 0 Å². The normalized spacial score (nSPS) is 27.8. The molecule has 0 aromatic carbocycles. The van der Waals surface area contributed by atoms with Crippen LogP contribution in [0.2, 0.25) is 0 Å². The molecule has 0 heterocycles. The van der Waals surface area contributed by atoms with E-state index in [4.69, 9.17) is 10.8 Å². The molecule has 0 aromatic heterocycles. The summed E-state index contributed by atoms with van der Waals surface area (Å²) < 4.78 is 0. The van der Waals surface area contributed by atoms with Crippen molar-refractivity contribution in [3.63, 3.8) is 0 Å². The molecule has 0 spiro atoms. The van der Waals surface area contributed by atoms with Crippen molar-refractivity contribution in [2.24, 2.45) is 5.73 Å². The summed E-state index contributed by atoms with van der Waals surface area (Å²) in [5.41, 5.74) is 6.78. The van der Waals surface area contributed by atoms with Gasteiger partial charge in [0.1, 0.15) is 0 Å². The van der Waals surface area contributed by atoms with Gasteiger partial charge in [0.2, 0.25) is 0 Å². The number of aliphatic hydroxyl groups excluding tert-OH is 1. The molecule has 52 valence electrons. The lowest BCUT2D eigenvalue weighted by atomic mass is 9.96. The van der Waals surface area contributed by atoms with E-state index in [1.807, 2.05) is 6.08 Å². The van der Waals surface area contributed by atoms with Crippen LogP contribution in [-0.4, -0.2) is 17.8 Å². The Morgan fingerprint density at radius 1 is 1.78 bits per heavy atom. The van der Waals surface area contributed by atoms with Crippen LogP contribution in [0.15, 0.2) is 11.6 Å². The molecule has 1 atom stereocenters. The highest BCUT2D eigenvalue weighted by atomic mass is 16.3. The topological polar surface area (TPSA) is 46.2 Å². The zero-order valence-electron chi connectivity index (χ0n) is 5.51. The van der Waals surface area contributed by atoms with Gasteiger partial charge in [-0.2, -0.15) is 0 Å². The Labute approximate surface area is 55.4 Å². The molecule has 0 aromatic rings. The van der Waals surface area contributed by atoms with Gasteiger partial charge in [-0.3, -0.25) is 0 Å². The zero-order valence-corrected chi connectivity index (χ0v) is 5.51. The number of aliphatic hydroxyl groups is 1. The second-order valence-corrected chi connectivity index (χ2v) is 2.55. The minimum Gasteiger partial charge on any atom is -0.392 e. The van der Waals surface area contributed by atoms with E-state index in [1.54, 1.807) is 0 Å². The van der Waals surface area contributed by atoms with Crippen molar-refractivity contribution in [2.75, 3.05) is 6.61 Å². The molecule has 0 aliphatic heterocycles. The van der Waals surface area contributed by atoms with Gasteiger partial charge in [0.25, 0.3) is 0 Å². The van der Waals surface area contributed by atoms with Gasteiger partial charge >= 0.3 is 0 Å². The maximum atomic E-state index is 8.67. The van der Waals surface area contributed by atoms with Gasteiger partial charge < -0.3 is 10.8 Å². The average Bonchev–Trinajstić information content (AvgIpc) is 1.90. The fourth-order valence-corrected chi connectivity index (χ4v) is 1.05. The summed E-state index contributed by atoms with van der Waals surface area (Å²) in [6, 6.07) is 0.334. The molecular formula is C7H13NO. The van der Waals surface area contributed by atoms with Gasteiger partial charge in [-0.1, -0.05) is 6.08 Å². The third-order valence-electron chi connectivity index (χ3n) is 1.75. The van der Waals surface area contributed by atoms with Crippen molar-refractivity contribution < 1.29 is 5.11 Å². The van der Waals surface area contributed by atoms with Crippen LogP contribution in [0.5, 0.6) is 0 Å². The maximum absolute atomic E-state index is 8.67. The Bertz CT molecular complexity index is 120. The molecule has 1 aliphatic rings. The van der Waals surface area contributed by atoms with Crippen LogP contribution in [0.3, 0.4) is 0 Å². The average molecular weight is 127 g/mol. The summed E-state index contributed by atoms with van der Waals surface area (Å²) in [4.78, 5) is 0. The Morgan fingerprint density at radius 3 is 3.00 bits per heavy atom. The monoisotopic (exact) mass is 127 g/mol. The minimum atomic E-state index is 0.215. The summed E-state index contributed by atoms with van der Waals surface area (Å²) in [6.07, 6.45) is 5.01. The molecule has 0 saturated heterocycles. The Morgan fingerprint density at radius 2 is 2.56 bits per heavy atom. The van der Waals surface area contributed by atoms with Crippen molar-refractivity contribution in [1.82, 2.24) is 0 Å². The lowest BCUT2D eigenvalue weighted by Crippen LogP contribution is -2.22. The molecular weight excluding hydrogens is 114 g/mol. The van der Waals surface area contributed by atoms with Crippen molar-refractivity contribution in [3.05, 3.63) is 11.6 Å². The highest BCUT2D eigenvalue weighted by Crippen LogP contribution is 2.15. The van der Waals surface area contributed by atoms with E-state index in [0.717, 1.165) is 24.8 Å². The van der Waals surface area contributed by atoms with Crippen LogP contribution >= 0.6 is 0 Å². The van der Waals surface area contributed by atoms with Crippen LogP contribution in [0, 0.1) is 0 Å². The second kappa shape index (κ2) is 2.99. The predicted octanol–water partition coefficient (Wildman–Crippen LogP) is 0.416. The van der Waals surface area contributed by atoms with E-state index in [0.29, 0.717) is 6.04 Å². The molecule has 1 aliphatic carbocycles.